The van der Waals surface area contributed by atoms with Crippen molar-refractivity contribution in [3.8, 4) is 5.75 Å². The van der Waals surface area contributed by atoms with E-state index in [1.165, 1.54) is 7.11 Å². The SMILES string of the molecule is C=C[C@H](O)[C@@H]1CC[C@H]1CN1CCCCc2cc(Cl)ccc2COc2ccc(C(O)(C(=O)OC)[C@H](CC)C(=O)OCC(C)C)cc21. The first-order chi connectivity index (χ1) is 21.5. The summed E-state index contributed by atoms with van der Waals surface area (Å²) >= 11 is 6.33. The van der Waals surface area contributed by atoms with Crippen LogP contribution in [0.15, 0.2) is 49.1 Å². The zero-order valence-corrected chi connectivity index (χ0v) is 27.7. The molecule has 1 aliphatic carbocycles. The molecule has 1 saturated carbocycles. The first-order valence-corrected chi connectivity index (χ1v) is 16.5. The fraction of sp³-hybridized carbons (Fsp3) is 0.556. The van der Waals surface area contributed by atoms with Crippen molar-refractivity contribution in [3.63, 3.8) is 0 Å². The predicted octanol–water partition coefficient (Wildman–Crippen LogP) is 6.22. The van der Waals surface area contributed by atoms with Gasteiger partial charge in [0.15, 0.2) is 0 Å². The summed E-state index contributed by atoms with van der Waals surface area (Å²) in [5, 5.41) is 23.4. The number of ether oxygens (including phenoxy) is 3. The van der Waals surface area contributed by atoms with E-state index >= 15 is 0 Å². The number of methoxy groups -OCH3 is 1. The predicted molar refractivity (Wildman–Crippen MR) is 175 cm³/mol. The van der Waals surface area contributed by atoms with E-state index in [0.717, 1.165) is 43.2 Å². The van der Waals surface area contributed by atoms with E-state index in [-0.39, 0.29) is 36.3 Å². The lowest BCUT2D eigenvalue weighted by atomic mass is 9.70. The third-order valence-corrected chi connectivity index (χ3v) is 9.51. The molecule has 1 fully saturated rings. The Bertz CT molecular complexity index is 1350. The summed E-state index contributed by atoms with van der Waals surface area (Å²) in [5.41, 5.74) is 0.838. The van der Waals surface area contributed by atoms with Gasteiger partial charge in [0, 0.05) is 18.1 Å². The minimum absolute atomic E-state index is 0.0907. The number of rotatable bonds is 11. The molecule has 1 heterocycles. The van der Waals surface area contributed by atoms with E-state index in [4.69, 9.17) is 25.8 Å². The maximum Gasteiger partial charge on any atom is 0.343 e. The number of benzene rings is 2. The Kier molecular flexibility index (Phi) is 12.0. The summed E-state index contributed by atoms with van der Waals surface area (Å²) in [6.07, 6.45) is 5.71. The van der Waals surface area contributed by atoms with Crippen LogP contribution < -0.4 is 9.64 Å². The Labute approximate surface area is 272 Å². The summed E-state index contributed by atoms with van der Waals surface area (Å²) in [6, 6.07) is 11.0. The number of esters is 2. The van der Waals surface area contributed by atoms with E-state index in [2.05, 4.69) is 11.5 Å². The summed E-state index contributed by atoms with van der Waals surface area (Å²) in [6.45, 7) is 11.2. The maximum absolute atomic E-state index is 13.4. The van der Waals surface area contributed by atoms with Crippen molar-refractivity contribution in [1.29, 1.82) is 0 Å². The van der Waals surface area contributed by atoms with Crippen LogP contribution in [0.3, 0.4) is 0 Å². The molecule has 5 atom stereocenters. The van der Waals surface area contributed by atoms with Gasteiger partial charge in [0.25, 0.3) is 0 Å². The Morgan fingerprint density at radius 2 is 1.96 bits per heavy atom. The van der Waals surface area contributed by atoms with Gasteiger partial charge in [-0.25, -0.2) is 4.79 Å². The van der Waals surface area contributed by atoms with E-state index in [0.29, 0.717) is 36.2 Å². The molecule has 0 amide bonds. The molecule has 0 spiro atoms. The second-order valence-electron chi connectivity index (χ2n) is 12.8. The monoisotopic (exact) mass is 641 g/mol. The molecule has 2 aromatic rings. The Morgan fingerprint density at radius 3 is 2.60 bits per heavy atom. The van der Waals surface area contributed by atoms with E-state index < -0.39 is 29.6 Å². The van der Waals surface area contributed by atoms with E-state index in [1.54, 1.807) is 31.2 Å². The number of aliphatic hydroxyl groups is 2. The molecule has 0 saturated heterocycles. The second-order valence-corrected chi connectivity index (χ2v) is 13.2. The summed E-state index contributed by atoms with van der Waals surface area (Å²) in [5.74, 6) is -1.77. The normalized spacial score (nSPS) is 21.0. The molecule has 0 aromatic heterocycles. The Balaban J connectivity index is 1.79. The molecular formula is C36H48ClNO7. The molecule has 4 rings (SSSR count). The fourth-order valence-electron chi connectivity index (χ4n) is 6.50. The molecule has 45 heavy (non-hydrogen) atoms. The van der Waals surface area contributed by atoms with Gasteiger partial charge < -0.3 is 29.3 Å². The van der Waals surface area contributed by atoms with E-state index in [1.807, 2.05) is 32.0 Å². The average Bonchev–Trinajstić information content (AvgIpc) is 3.04. The van der Waals surface area contributed by atoms with Gasteiger partial charge in [0.05, 0.1) is 25.5 Å². The largest absolute Gasteiger partial charge is 0.487 e. The first kappa shape index (κ1) is 34.8. The van der Waals surface area contributed by atoms with Crippen LogP contribution in [0.5, 0.6) is 5.75 Å². The summed E-state index contributed by atoms with van der Waals surface area (Å²) in [4.78, 5) is 28.9. The molecule has 0 radical (unpaired) electrons. The van der Waals surface area contributed by atoms with Gasteiger partial charge in [-0.15, -0.1) is 6.58 Å². The van der Waals surface area contributed by atoms with Gasteiger partial charge in [-0.1, -0.05) is 50.6 Å². The minimum atomic E-state index is -2.29. The van der Waals surface area contributed by atoms with Crippen molar-refractivity contribution in [2.24, 2.45) is 23.7 Å². The number of nitrogens with zero attached hydrogens (tertiary/aromatic N) is 1. The standard InChI is InChI=1S/C36H48ClNO7/c1-6-30(34(40)45-21-23(3)4)36(42,35(41)43-5)27-13-16-33-31(19-27)38(20-25-12-15-29(25)32(39)7-2)17-9-8-10-24-18-28(37)14-11-26(24)22-44-33/h7,11,13-14,16,18-19,23,25,29-30,32,39,42H,2,6,8-10,12,15,17,20-22H2,1,3-5H3/t25-,29+,30+,32-,36?/m0/s1. The number of hydrogen-bond donors (Lipinski definition) is 2. The first-order valence-electron chi connectivity index (χ1n) is 16.1. The number of halogens is 1. The lowest BCUT2D eigenvalue weighted by molar-refractivity contribution is -0.182. The molecule has 8 nitrogen and oxygen atoms in total. The average molecular weight is 642 g/mol. The molecule has 2 aromatic carbocycles. The molecule has 1 aliphatic heterocycles. The molecule has 0 bridgehead atoms. The summed E-state index contributed by atoms with van der Waals surface area (Å²) in [7, 11) is 1.20. The highest BCUT2D eigenvalue weighted by Crippen LogP contribution is 2.43. The molecule has 2 aliphatic rings. The Morgan fingerprint density at radius 1 is 1.18 bits per heavy atom. The van der Waals surface area contributed by atoms with E-state index in [9.17, 15) is 19.8 Å². The van der Waals surface area contributed by atoms with Gasteiger partial charge in [-0.2, -0.15) is 0 Å². The third kappa shape index (κ3) is 7.84. The molecule has 246 valence electrons. The minimum Gasteiger partial charge on any atom is -0.487 e. The van der Waals surface area contributed by atoms with Crippen molar-refractivity contribution < 1.29 is 34.0 Å². The van der Waals surface area contributed by atoms with Crippen molar-refractivity contribution in [3.05, 3.63) is 70.8 Å². The highest BCUT2D eigenvalue weighted by atomic mass is 35.5. The number of hydrogen-bond acceptors (Lipinski definition) is 8. The second kappa shape index (κ2) is 15.5. The molecule has 1 unspecified atom stereocenters. The molecule has 9 heteroatoms. The van der Waals surface area contributed by atoms with Crippen LogP contribution in [-0.2, 0) is 37.7 Å². The van der Waals surface area contributed by atoms with Crippen LogP contribution in [-0.4, -0.2) is 55.1 Å². The lowest BCUT2D eigenvalue weighted by Crippen LogP contribution is -2.48. The number of aliphatic hydroxyl groups excluding tert-OH is 1. The quantitative estimate of drug-likeness (QED) is 0.220. The summed E-state index contributed by atoms with van der Waals surface area (Å²) < 4.78 is 17.1. The molecule has 2 N–H and O–H groups in total. The topological polar surface area (TPSA) is 106 Å². The number of fused-ring (bicyclic) bond motifs is 2. The molecular weight excluding hydrogens is 594 g/mol. The zero-order valence-electron chi connectivity index (χ0n) is 27.0. The van der Waals surface area contributed by atoms with Crippen molar-refractivity contribution in [1.82, 2.24) is 0 Å². The van der Waals surface area contributed by atoms with Crippen LogP contribution in [0.25, 0.3) is 0 Å². The van der Waals surface area contributed by atoms with Gasteiger partial charge in [-0.3, -0.25) is 4.79 Å². The van der Waals surface area contributed by atoms with Gasteiger partial charge in [-0.05, 0) is 97.2 Å². The number of carbonyl (C=O) groups excluding carboxylic acids is 2. The van der Waals surface area contributed by atoms with Crippen LogP contribution in [0.1, 0.15) is 69.6 Å². The Hall–Kier alpha value is -3.07. The highest BCUT2D eigenvalue weighted by Gasteiger charge is 2.51. The number of aryl methyl sites for hydroxylation is 1. The van der Waals surface area contributed by atoms with Crippen LogP contribution in [0.2, 0.25) is 5.02 Å². The maximum atomic E-state index is 13.4. The highest BCUT2D eigenvalue weighted by molar-refractivity contribution is 6.30. The zero-order chi connectivity index (χ0) is 32.7. The number of anilines is 1. The van der Waals surface area contributed by atoms with Crippen molar-refractivity contribution >= 4 is 29.2 Å². The van der Waals surface area contributed by atoms with Gasteiger partial charge in [0.2, 0.25) is 5.60 Å². The number of carbonyl (C=O) groups is 2. The van der Waals surface area contributed by atoms with Crippen molar-refractivity contribution in [2.75, 3.05) is 31.7 Å². The van der Waals surface area contributed by atoms with Crippen LogP contribution in [0, 0.1) is 23.7 Å². The van der Waals surface area contributed by atoms with Crippen molar-refractivity contribution in [2.45, 2.75) is 77.6 Å². The van der Waals surface area contributed by atoms with Crippen LogP contribution >= 0.6 is 11.6 Å². The lowest BCUT2D eigenvalue weighted by Gasteiger charge is -2.43. The van der Waals surface area contributed by atoms with Gasteiger partial charge in [0.1, 0.15) is 18.3 Å². The fourth-order valence-corrected chi connectivity index (χ4v) is 6.70. The smallest absolute Gasteiger partial charge is 0.343 e. The third-order valence-electron chi connectivity index (χ3n) is 9.28. The van der Waals surface area contributed by atoms with Gasteiger partial charge >= 0.3 is 11.9 Å². The van der Waals surface area contributed by atoms with Crippen LogP contribution in [0.4, 0.5) is 5.69 Å².